The summed E-state index contributed by atoms with van der Waals surface area (Å²) in [5, 5.41) is 4.30. The minimum Gasteiger partial charge on any atom is -0.621 e. The molecule has 142 valence electrons. The third kappa shape index (κ3) is 5.54. The van der Waals surface area contributed by atoms with Gasteiger partial charge in [-0.25, -0.2) is 0 Å². The van der Waals surface area contributed by atoms with Crippen LogP contribution in [0.4, 0.5) is 11.4 Å². The maximum absolute atomic E-state index is 12.5. The van der Waals surface area contributed by atoms with E-state index in [9.17, 15) is 4.79 Å². The number of aryl methyl sites for hydroxylation is 6. The van der Waals surface area contributed by atoms with E-state index < -0.39 is 0 Å². The van der Waals surface area contributed by atoms with Gasteiger partial charge >= 0.3 is 16.5 Å². The molecule has 4 heteroatoms. The van der Waals surface area contributed by atoms with Gasteiger partial charge < -0.3 is 17.5 Å². The molecule has 0 aliphatic rings. The minimum absolute atomic E-state index is 0. The number of aliphatic imine (C=N–C) groups is 1. The molecule has 2 aromatic carbocycles. The molecule has 0 atom stereocenters. The van der Waals surface area contributed by atoms with Crippen LogP contribution in [0.2, 0.25) is 0 Å². The minimum atomic E-state index is -0.288. The second kappa shape index (κ2) is 9.68. The average Bonchev–Trinajstić information content (AvgIpc) is 2.46. The van der Waals surface area contributed by atoms with Crippen LogP contribution in [0.1, 0.15) is 40.3 Å². The molecule has 0 fully saturated rings. The van der Waals surface area contributed by atoms with Crippen molar-refractivity contribution in [3.63, 3.8) is 0 Å². The molecule has 0 N–H and O–H groups in total. The van der Waals surface area contributed by atoms with Gasteiger partial charge in [0.25, 0.3) is 0 Å². The summed E-state index contributed by atoms with van der Waals surface area (Å²) < 4.78 is 0. The first-order valence-corrected chi connectivity index (χ1v) is 8.16. The number of carbonyl (C=O) groups excluding carboxylic acids is 1. The Morgan fingerprint density at radius 1 is 0.808 bits per heavy atom. The van der Waals surface area contributed by atoms with E-state index in [4.69, 9.17) is 0 Å². The van der Waals surface area contributed by atoms with E-state index in [0.717, 1.165) is 33.6 Å². The summed E-state index contributed by atoms with van der Waals surface area (Å²) in [7, 11) is 0. The molecule has 0 radical (unpaired) electrons. The summed E-state index contributed by atoms with van der Waals surface area (Å²) in [5.74, 6) is -0.288. The first kappa shape index (κ1) is 24.1. The molecule has 0 unspecified atom stereocenters. The van der Waals surface area contributed by atoms with E-state index in [1.807, 2.05) is 46.8 Å². The van der Waals surface area contributed by atoms with Gasteiger partial charge in [0.15, 0.2) is 0 Å². The van der Waals surface area contributed by atoms with Crippen molar-refractivity contribution >= 4 is 23.0 Å². The third-order valence-corrected chi connectivity index (χ3v) is 4.07. The number of nitrogens with zero attached hydrogens (tertiary/aromatic N) is 2. The van der Waals surface area contributed by atoms with Crippen LogP contribution in [0, 0.1) is 49.0 Å². The molecule has 1 amide bonds. The molecule has 0 saturated heterocycles. The number of rotatable bonds is 3. The maximum Gasteiger partial charge on any atom is 2.00 e. The van der Waals surface area contributed by atoms with E-state index in [0.29, 0.717) is 5.71 Å². The number of hydrogen-bond acceptors (Lipinski definition) is 2. The zero-order valence-corrected chi connectivity index (χ0v) is 17.9. The fraction of sp³-hybridized carbons (Fsp3) is 0.318. The molecule has 0 aliphatic carbocycles. The average molecular weight is 395 g/mol. The largest absolute Gasteiger partial charge is 2.00 e. The van der Waals surface area contributed by atoms with Crippen LogP contribution in [0.15, 0.2) is 29.3 Å². The van der Waals surface area contributed by atoms with Gasteiger partial charge in [-0.05, 0) is 59.6 Å². The molecule has 0 saturated carbocycles. The van der Waals surface area contributed by atoms with Crippen molar-refractivity contribution in [2.45, 2.75) is 48.5 Å². The van der Waals surface area contributed by atoms with Crippen LogP contribution >= 0.6 is 0 Å². The Hall–Kier alpha value is -1.93. The number of hydrogen-bond donors (Lipinski definition) is 0. The zero-order valence-electron chi connectivity index (χ0n) is 16.9. The van der Waals surface area contributed by atoms with Crippen LogP contribution in [0.3, 0.4) is 0 Å². The Labute approximate surface area is 168 Å². The molecule has 0 aromatic heterocycles. The van der Waals surface area contributed by atoms with E-state index in [1.165, 1.54) is 11.1 Å². The quantitative estimate of drug-likeness (QED) is 0.341. The summed E-state index contributed by atoms with van der Waals surface area (Å²) in [6.07, 6.45) is 0. The topological polar surface area (TPSA) is 43.5 Å². The Kier molecular flexibility index (Phi) is 8.97. The molecule has 2 rings (SSSR count). The van der Waals surface area contributed by atoms with Gasteiger partial charge in [-0.2, -0.15) is 0 Å². The number of carbonyl (C=O) groups is 1. The van der Waals surface area contributed by atoms with Crippen molar-refractivity contribution in [3.8, 4) is 0 Å². The van der Waals surface area contributed by atoms with Crippen molar-refractivity contribution in [2.75, 3.05) is 0 Å². The molecular weight excluding hydrogens is 367 g/mol. The van der Waals surface area contributed by atoms with E-state index in [2.05, 4.69) is 29.4 Å². The van der Waals surface area contributed by atoms with Gasteiger partial charge in [0.05, 0.1) is 17.3 Å². The van der Waals surface area contributed by atoms with Gasteiger partial charge in [-0.1, -0.05) is 46.5 Å². The first-order valence-electron chi connectivity index (χ1n) is 8.16. The third-order valence-electron chi connectivity index (χ3n) is 4.07. The first-order chi connectivity index (χ1) is 11.2. The zero-order chi connectivity index (χ0) is 18.0. The van der Waals surface area contributed by atoms with Crippen molar-refractivity contribution in [1.29, 1.82) is 0 Å². The Morgan fingerprint density at radius 3 is 1.62 bits per heavy atom. The molecule has 0 spiro atoms. The monoisotopic (exact) mass is 394 g/mol. The predicted octanol–water partition coefficient (Wildman–Crippen LogP) is 6.31. The van der Waals surface area contributed by atoms with Gasteiger partial charge in [0.1, 0.15) is 0 Å². The van der Waals surface area contributed by atoms with Crippen LogP contribution in [-0.4, -0.2) is 11.6 Å². The fourth-order valence-electron chi connectivity index (χ4n) is 3.10. The van der Waals surface area contributed by atoms with Crippen LogP contribution in [0.25, 0.3) is 5.32 Å². The molecule has 26 heavy (non-hydrogen) atoms. The van der Waals surface area contributed by atoms with Crippen molar-refractivity contribution in [2.24, 2.45) is 4.99 Å². The fourth-order valence-corrected chi connectivity index (χ4v) is 3.10. The summed E-state index contributed by atoms with van der Waals surface area (Å²) in [4.78, 5) is 17.0. The molecule has 0 bridgehead atoms. The molecule has 2 aromatic rings. The molecule has 3 nitrogen and oxygen atoms in total. The number of benzene rings is 2. The standard InChI is InChI=1S/C21H26N2O.CH3.Ni/c1-12-8-14(3)19(15(4)9-12)22-18(7)21(24)23-20-16(5)10-13(2)11-17(20)6;;/h8-11H,1-7H3,(H,23,24);1H3;/q;-1;+2/p-1. The summed E-state index contributed by atoms with van der Waals surface area (Å²) in [5.41, 5.74) is 8.55. The Bertz CT molecular complexity index is 792. The second-order valence-corrected chi connectivity index (χ2v) is 6.61. The summed E-state index contributed by atoms with van der Waals surface area (Å²) >= 11 is 0. The molecular formula is C22H28N2NiO. The smallest absolute Gasteiger partial charge is 0.621 e. The Morgan fingerprint density at radius 2 is 1.19 bits per heavy atom. The predicted molar refractivity (Wildman–Crippen MR) is 109 cm³/mol. The van der Waals surface area contributed by atoms with Crippen LogP contribution in [-0.2, 0) is 21.3 Å². The van der Waals surface area contributed by atoms with Crippen LogP contribution < -0.4 is 0 Å². The van der Waals surface area contributed by atoms with Gasteiger partial charge in [0, 0.05) is 0 Å². The van der Waals surface area contributed by atoms with E-state index in [-0.39, 0.29) is 29.8 Å². The SMILES string of the molecule is CC(=Nc1c(C)cc(C)cc1C)C(=O)[N-]c1c(C)cc(C)cc1C.[CH3-].[Ni+2]. The van der Waals surface area contributed by atoms with Gasteiger partial charge in [0.2, 0.25) is 0 Å². The number of amides is 1. The molecule has 0 heterocycles. The maximum atomic E-state index is 12.5. The van der Waals surface area contributed by atoms with Gasteiger partial charge in [-0.3, -0.25) is 4.99 Å². The van der Waals surface area contributed by atoms with E-state index in [1.54, 1.807) is 6.92 Å². The summed E-state index contributed by atoms with van der Waals surface area (Å²) in [6, 6.07) is 8.24. The normalized spacial score (nSPS) is 10.7. The Balaban J connectivity index is 0.00000312. The molecule has 0 aliphatic heterocycles. The van der Waals surface area contributed by atoms with Crippen molar-refractivity contribution < 1.29 is 21.3 Å². The van der Waals surface area contributed by atoms with E-state index >= 15 is 0 Å². The second-order valence-electron chi connectivity index (χ2n) is 6.61. The van der Waals surface area contributed by atoms with Crippen molar-refractivity contribution in [3.05, 3.63) is 70.4 Å². The summed E-state index contributed by atoms with van der Waals surface area (Å²) in [6.45, 7) is 13.8. The van der Waals surface area contributed by atoms with Crippen molar-refractivity contribution in [1.82, 2.24) is 0 Å². The van der Waals surface area contributed by atoms with Gasteiger partial charge in [-0.15, -0.1) is 5.69 Å². The van der Waals surface area contributed by atoms with Crippen LogP contribution in [0.5, 0.6) is 0 Å².